The van der Waals surface area contributed by atoms with E-state index in [1.807, 2.05) is 57.2 Å². The van der Waals surface area contributed by atoms with Gasteiger partial charge in [0.1, 0.15) is 11.4 Å². The summed E-state index contributed by atoms with van der Waals surface area (Å²) in [5.41, 5.74) is 1.52. The van der Waals surface area contributed by atoms with Gasteiger partial charge in [-0.3, -0.25) is 4.31 Å². The Kier molecular flexibility index (Phi) is 8.63. The van der Waals surface area contributed by atoms with Crippen molar-refractivity contribution >= 4 is 21.8 Å². The number of benzene rings is 3. The molecule has 1 amide bonds. The smallest absolute Gasteiger partial charge is 0.410 e. The van der Waals surface area contributed by atoms with Gasteiger partial charge >= 0.3 is 6.09 Å². The first-order valence-corrected chi connectivity index (χ1v) is 13.2. The number of carbonyl (C=O) groups is 1. The van der Waals surface area contributed by atoms with Gasteiger partial charge < -0.3 is 14.4 Å². The second-order valence-electron chi connectivity index (χ2n) is 9.39. The molecule has 0 radical (unpaired) electrons. The van der Waals surface area contributed by atoms with Crippen LogP contribution in [0.2, 0.25) is 0 Å². The zero-order chi connectivity index (χ0) is 26.3. The molecule has 0 heterocycles. The van der Waals surface area contributed by atoms with E-state index in [1.165, 1.54) is 9.21 Å². The van der Waals surface area contributed by atoms with Crippen molar-refractivity contribution in [1.29, 1.82) is 0 Å². The molecule has 0 unspecified atom stereocenters. The van der Waals surface area contributed by atoms with Crippen LogP contribution in [0.4, 0.5) is 10.5 Å². The zero-order valence-electron chi connectivity index (χ0n) is 21.5. The van der Waals surface area contributed by atoms with E-state index in [1.54, 1.807) is 56.6 Å². The van der Waals surface area contributed by atoms with Crippen LogP contribution >= 0.6 is 0 Å². The van der Waals surface area contributed by atoms with Crippen LogP contribution in [0.1, 0.15) is 27.2 Å². The molecule has 0 aliphatic carbocycles. The van der Waals surface area contributed by atoms with E-state index in [2.05, 4.69) is 0 Å². The van der Waals surface area contributed by atoms with Crippen LogP contribution in [-0.2, 0) is 14.8 Å². The molecule has 0 bridgehead atoms. The third kappa shape index (κ3) is 6.79. The molecule has 7 nitrogen and oxygen atoms in total. The number of nitrogens with zero attached hydrogens (tertiary/aromatic N) is 2. The fourth-order valence-corrected chi connectivity index (χ4v) is 5.22. The quantitative estimate of drug-likeness (QED) is 0.363. The topological polar surface area (TPSA) is 76.2 Å². The lowest BCUT2D eigenvalue weighted by atomic mass is 10.0. The van der Waals surface area contributed by atoms with Gasteiger partial charge in [0.15, 0.2) is 0 Å². The minimum absolute atomic E-state index is 0.163. The summed E-state index contributed by atoms with van der Waals surface area (Å²) in [5.74, 6) is 0.624. The van der Waals surface area contributed by atoms with E-state index in [-0.39, 0.29) is 11.4 Å². The predicted molar refractivity (Wildman–Crippen MR) is 143 cm³/mol. The van der Waals surface area contributed by atoms with Gasteiger partial charge in [-0.1, -0.05) is 48.5 Å². The molecule has 36 heavy (non-hydrogen) atoms. The van der Waals surface area contributed by atoms with E-state index in [0.717, 1.165) is 11.1 Å². The lowest BCUT2D eigenvalue weighted by Gasteiger charge is -2.29. The van der Waals surface area contributed by atoms with Crippen molar-refractivity contribution in [1.82, 2.24) is 4.90 Å². The summed E-state index contributed by atoms with van der Waals surface area (Å²) in [4.78, 5) is 14.0. The highest BCUT2D eigenvalue weighted by molar-refractivity contribution is 7.92. The van der Waals surface area contributed by atoms with Crippen LogP contribution in [-0.4, -0.2) is 52.3 Å². The fourth-order valence-electron chi connectivity index (χ4n) is 3.68. The fraction of sp³-hybridized carbons (Fsp3) is 0.321. The summed E-state index contributed by atoms with van der Waals surface area (Å²) >= 11 is 0. The minimum Gasteiger partial charge on any atom is -0.497 e. The molecule has 0 saturated carbocycles. The number of amides is 1. The normalized spacial score (nSPS) is 11.6. The molecule has 0 aliphatic heterocycles. The Balaban J connectivity index is 1.99. The lowest BCUT2D eigenvalue weighted by molar-refractivity contribution is 0.0298. The van der Waals surface area contributed by atoms with E-state index >= 15 is 0 Å². The van der Waals surface area contributed by atoms with E-state index in [0.29, 0.717) is 24.4 Å². The maximum atomic E-state index is 13.9. The van der Waals surface area contributed by atoms with Gasteiger partial charge in [0.25, 0.3) is 10.0 Å². The second kappa shape index (κ2) is 11.5. The second-order valence-corrected chi connectivity index (χ2v) is 11.3. The van der Waals surface area contributed by atoms with Crippen molar-refractivity contribution in [2.45, 2.75) is 37.7 Å². The Hall–Kier alpha value is -3.52. The van der Waals surface area contributed by atoms with Crippen LogP contribution < -0.4 is 9.04 Å². The van der Waals surface area contributed by atoms with Gasteiger partial charge in [-0.05, 0) is 63.1 Å². The van der Waals surface area contributed by atoms with E-state index in [9.17, 15) is 13.2 Å². The van der Waals surface area contributed by atoms with Crippen LogP contribution in [0.15, 0.2) is 83.8 Å². The predicted octanol–water partition coefficient (Wildman–Crippen LogP) is 5.81. The number of anilines is 1. The van der Waals surface area contributed by atoms with Gasteiger partial charge in [-0.25, -0.2) is 13.2 Å². The van der Waals surface area contributed by atoms with Crippen molar-refractivity contribution in [3.63, 3.8) is 0 Å². The van der Waals surface area contributed by atoms with Gasteiger partial charge in [0.05, 0.1) is 17.7 Å². The van der Waals surface area contributed by atoms with Crippen LogP contribution in [0.25, 0.3) is 11.1 Å². The average molecular weight is 511 g/mol. The average Bonchev–Trinajstić information content (AvgIpc) is 2.86. The number of hydrogen-bond donors (Lipinski definition) is 0. The maximum Gasteiger partial charge on any atom is 0.410 e. The molecular formula is C28H34N2O5S. The summed E-state index contributed by atoms with van der Waals surface area (Å²) in [6.45, 7) is 5.91. The molecule has 0 spiro atoms. The first-order valence-electron chi connectivity index (χ1n) is 11.8. The highest BCUT2D eigenvalue weighted by atomic mass is 32.2. The van der Waals surface area contributed by atoms with E-state index in [4.69, 9.17) is 9.47 Å². The molecule has 0 atom stereocenters. The third-order valence-corrected chi connectivity index (χ3v) is 7.28. The monoisotopic (exact) mass is 510 g/mol. The summed E-state index contributed by atoms with van der Waals surface area (Å²) in [7, 11) is -0.670. The summed E-state index contributed by atoms with van der Waals surface area (Å²) in [5, 5.41) is 0. The summed E-state index contributed by atoms with van der Waals surface area (Å²) in [6.07, 6.45) is -0.0448. The van der Waals surface area contributed by atoms with Crippen molar-refractivity contribution in [2.75, 3.05) is 31.6 Å². The zero-order valence-corrected chi connectivity index (χ0v) is 22.3. The highest BCUT2D eigenvalue weighted by Gasteiger charge is 2.28. The Morgan fingerprint density at radius 3 is 2.08 bits per heavy atom. The number of carbonyl (C=O) groups excluding carboxylic acids is 1. The summed E-state index contributed by atoms with van der Waals surface area (Å²) < 4.78 is 40.0. The molecule has 8 heteroatoms. The molecule has 0 N–H and O–H groups in total. The van der Waals surface area contributed by atoms with E-state index < -0.39 is 21.7 Å². The molecule has 0 saturated heterocycles. The van der Waals surface area contributed by atoms with Crippen LogP contribution in [0.5, 0.6) is 5.75 Å². The number of hydrogen-bond acceptors (Lipinski definition) is 5. The molecule has 0 aromatic heterocycles. The highest BCUT2D eigenvalue weighted by Crippen LogP contribution is 2.37. The molecule has 3 aromatic carbocycles. The van der Waals surface area contributed by atoms with Crippen LogP contribution in [0.3, 0.4) is 0 Å². The van der Waals surface area contributed by atoms with Gasteiger partial charge in [0.2, 0.25) is 0 Å². The van der Waals surface area contributed by atoms with Crippen molar-refractivity contribution < 1.29 is 22.7 Å². The molecule has 192 valence electrons. The number of ether oxygens (including phenoxy) is 2. The van der Waals surface area contributed by atoms with Crippen LogP contribution in [0, 0.1) is 0 Å². The Labute approximate surface area is 214 Å². The van der Waals surface area contributed by atoms with Gasteiger partial charge in [0, 0.05) is 25.7 Å². The first kappa shape index (κ1) is 27.1. The SMILES string of the molecule is COc1ccc(N(CCCN(C)C(=O)OC(C)(C)C)S(=O)(=O)c2ccccc2)c(-c2ccccc2)c1. The Morgan fingerprint density at radius 2 is 1.50 bits per heavy atom. The molecule has 0 fully saturated rings. The Bertz CT molecular complexity index is 1260. The summed E-state index contributed by atoms with van der Waals surface area (Å²) in [6, 6.07) is 23.3. The molecule has 3 aromatic rings. The standard InChI is InChI=1S/C28H34N2O5S/c1-28(2,3)35-27(31)29(4)19-12-20-30(36(32,33)24-15-10-7-11-16-24)26-18-17-23(34-5)21-25(26)22-13-8-6-9-14-22/h6-11,13-18,21H,12,19-20H2,1-5H3. The number of sulfonamides is 1. The molecular weight excluding hydrogens is 476 g/mol. The maximum absolute atomic E-state index is 13.9. The van der Waals surface area contributed by atoms with Gasteiger partial charge in [-0.2, -0.15) is 0 Å². The molecule has 3 rings (SSSR count). The number of methoxy groups -OCH3 is 1. The largest absolute Gasteiger partial charge is 0.497 e. The molecule has 0 aliphatic rings. The van der Waals surface area contributed by atoms with Crippen molar-refractivity contribution in [3.05, 3.63) is 78.9 Å². The third-order valence-electron chi connectivity index (χ3n) is 5.45. The van der Waals surface area contributed by atoms with Gasteiger partial charge in [-0.15, -0.1) is 0 Å². The Morgan fingerprint density at radius 1 is 0.889 bits per heavy atom. The van der Waals surface area contributed by atoms with Crippen molar-refractivity contribution in [2.24, 2.45) is 0 Å². The first-order chi connectivity index (χ1) is 17.0. The van der Waals surface area contributed by atoms with Crippen molar-refractivity contribution in [3.8, 4) is 16.9 Å². The minimum atomic E-state index is -3.89. The number of rotatable bonds is 9. The lowest BCUT2D eigenvalue weighted by Crippen LogP contribution is -2.37.